The van der Waals surface area contributed by atoms with Gasteiger partial charge in [0.25, 0.3) is 0 Å². The summed E-state index contributed by atoms with van der Waals surface area (Å²) in [5.41, 5.74) is 0.801. The SMILES string of the molecule is CC1(C)CC(=N)/C(=C(\O)Cc2ccc(F)cc2)C(=O)C1. The molecule has 1 saturated carbocycles. The predicted octanol–water partition coefficient (Wildman–Crippen LogP) is 3.59. The second-order valence-electron chi connectivity index (χ2n) is 6.04. The molecule has 0 amide bonds. The Morgan fingerprint density at radius 3 is 2.45 bits per heavy atom. The molecule has 4 heteroatoms. The van der Waals surface area contributed by atoms with E-state index < -0.39 is 0 Å². The van der Waals surface area contributed by atoms with Crippen molar-refractivity contribution in [2.75, 3.05) is 0 Å². The monoisotopic (exact) mass is 275 g/mol. The van der Waals surface area contributed by atoms with Gasteiger partial charge in [0, 0.05) is 18.6 Å². The molecule has 0 saturated heterocycles. The smallest absolute Gasteiger partial charge is 0.168 e. The van der Waals surface area contributed by atoms with Gasteiger partial charge in [-0.2, -0.15) is 0 Å². The van der Waals surface area contributed by atoms with Crippen LogP contribution in [0.3, 0.4) is 0 Å². The van der Waals surface area contributed by atoms with Gasteiger partial charge in [-0.15, -0.1) is 0 Å². The summed E-state index contributed by atoms with van der Waals surface area (Å²) >= 11 is 0. The summed E-state index contributed by atoms with van der Waals surface area (Å²) in [6.07, 6.45) is 0.948. The number of halogens is 1. The molecule has 1 aromatic carbocycles. The van der Waals surface area contributed by atoms with Gasteiger partial charge < -0.3 is 10.5 Å². The van der Waals surface area contributed by atoms with Crippen LogP contribution in [0.1, 0.15) is 32.3 Å². The molecule has 2 rings (SSSR count). The second kappa shape index (κ2) is 5.19. The molecule has 0 radical (unpaired) electrons. The summed E-state index contributed by atoms with van der Waals surface area (Å²) in [7, 11) is 0. The van der Waals surface area contributed by atoms with E-state index in [2.05, 4.69) is 0 Å². The van der Waals surface area contributed by atoms with Crippen LogP contribution in [-0.2, 0) is 11.2 Å². The van der Waals surface area contributed by atoms with Crippen LogP contribution in [0.4, 0.5) is 4.39 Å². The minimum absolute atomic E-state index is 0.0953. The van der Waals surface area contributed by atoms with Crippen molar-refractivity contribution in [3.63, 3.8) is 0 Å². The molecule has 106 valence electrons. The Morgan fingerprint density at radius 2 is 1.90 bits per heavy atom. The van der Waals surface area contributed by atoms with E-state index in [1.807, 2.05) is 13.8 Å². The average Bonchev–Trinajstić information content (AvgIpc) is 2.29. The maximum absolute atomic E-state index is 12.8. The van der Waals surface area contributed by atoms with Crippen LogP contribution < -0.4 is 0 Å². The van der Waals surface area contributed by atoms with Crippen molar-refractivity contribution in [2.24, 2.45) is 5.41 Å². The largest absolute Gasteiger partial charge is 0.511 e. The fourth-order valence-electron chi connectivity index (χ4n) is 2.54. The van der Waals surface area contributed by atoms with E-state index in [4.69, 9.17) is 5.41 Å². The van der Waals surface area contributed by atoms with Gasteiger partial charge in [-0.1, -0.05) is 26.0 Å². The van der Waals surface area contributed by atoms with Crippen molar-refractivity contribution in [3.8, 4) is 0 Å². The number of aliphatic hydroxyl groups is 1. The Kier molecular flexibility index (Phi) is 3.75. The summed E-state index contributed by atoms with van der Waals surface area (Å²) in [6, 6.07) is 5.74. The van der Waals surface area contributed by atoms with Crippen LogP contribution in [0, 0.1) is 16.6 Å². The van der Waals surface area contributed by atoms with E-state index in [1.165, 1.54) is 12.1 Å². The summed E-state index contributed by atoms with van der Waals surface area (Å²) in [5, 5.41) is 18.1. The number of rotatable bonds is 2. The first-order valence-corrected chi connectivity index (χ1v) is 6.56. The van der Waals surface area contributed by atoms with Crippen LogP contribution in [-0.4, -0.2) is 16.6 Å². The van der Waals surface area contributed by atoms with Crippen molar-refractivity contribution < 1.29 is 14.3 Å². The number of carbonyl (C=O) groups excluding carboxylic acids is 1. The number of Topliss-reactive ketones (excluding diaryl/α,β-unsaturated/α-hetero) is 1. The van der Waals surface area contributed by atoms with Gasteiger partial charge in [-0.3, -0.25) is 4.79 Å². The van der Waals surface area contributed by atoms with Gasteiger partial charge in [0.15, 0.2) is 5.78 Å². The van der Waals surface area contributed by atoms with E-state index in [9.17, 15) is 14.3 Å². The van der Waals surface area contributed by atoms with Crippen molar-refractivity contribution in [3.05, 3.63) is 47.0 Å². The number of hydrogen-bond acceptors (Lipinski definition) is 3. The highest BCUT2D eigenvalue weighted by Crippen LogP contribution is 2.34. The first-order chi connectivity index (χ1) is 9.28. The zero-order valence-electron chi connectivity index (χ0n) is 11.7. The lowest BCUT2D eigenvalue weighted by Crippen LogP contribution is -2.32. The van der Waals surface area contributed by atoms with E-state index in [1.54, 1.807) is 12.1 Å². The fraction of sp³-hybridized carbons (Fsp3) is 0.375. The zero-order valence-corrected chi connectivity index (χ0v) is 11.7. The first kappa shape index (κ1) is 14.4. The highest BCUT2D eigenvalue weighted by Gasteiger charge is 2.35. The lowest BCUT2D eigenvalue weighted by molar-refractivity contribution is -0.117. The lowest BCUT2D eigenvalue weighted by Gasteiger charge is -2.30. The van der Waals surface area contributed by atoms with E-state index in [0.29, 0.717) is 18.4 Å². The second-order valence-corrected chi connectivity index (χ2v) is 6.04. The molecule has 0 heterocycles. The van der Waals surface area contributed by atoms with Crippen molar-refractivity contribution in [1.82, 2.24) is 0 Å². The molecule has 1 aromatic rings. The Balaban J connectivity index is 2.25. The molecule has 1 fully saturated rings. The number of benzene rings is 1. The molecule has 0 aromatic heterocycles. The van der Waals surface area contributed by atoms with Gasteiger partial charge >= 0.3 is 0 Å². The summed E-state index contributed by atoms with van der Waals surface area (Å²) < 4.78 is 12.8. The maximum atomic E-state index is 12.8. The number of hydrogen-bond donors (Lipinski definition) is 2. The van der Waals surface area contributed by atoms with E-state index >= 15 is 0 Å². The lowest BCUT2D eigenvalue weighted by atomic mass is 9.73. The highest BCUT2D eigenvalue weighted by atomic mass is 19.1. The topological polar surface area (TPSA) is 61.1 Å². The number of carbonyl (C=O) groups is 1. The Bertz CT molecular complexity index is 563. The summed E-state index contributed by atoms with van der Waals surface area (Å²) in [6.45, 7) is 3.88. The van der Waals surface area contributed by atoms with Gasteiger partial charge in [0.05, 0.1) is 5.57 Å². The molecular formula is C16H18FNO2. The van der Waals surface area contributed by atoms with Crippen LogP contribution in [0.2, 0.25) is 0 Å². The minimum Gasteiger partial charge on any atom is -0.511 e. The number of allylic oxidation sites excluding steroid dienone is 2. The molecule has 20 heavy (non-hydrogen) atoms. The van der Waals surface area contributed by atoms with Gasteiger partial charge in [-0.25, -0.2) is 4.39 Å². The normalized spacial score (nSPS) is 20.9. The van der Waals surface area contributed by atoms with Crippen LogP contribution in [0.15, 0.2) is 35.6 Å². The molecule has 2 N–H and O–H groups in total. The molecule has 1 aliphatic rings. The van der Waals surface area contributed by atoms with Crippen LogP contribution in [0.25, 0.3) is 0 Å². The van der Waals surface area contributed by atoms with Gasteiger partial charge in [0.2, 0.25) is 0 Å². The summed E-state index contributed by atoms with van der Waals surface area (Å²) in [5.74, 6) is -0.628. The molecular weight excluding hydrogens is 257 g/mol. The van der Waals surface area contributed by atoms with Crippen molar-refractivity contribution in [2.45, 2.75) is 33.1 Å². The summed E-state index contributed by atoms with van der Waals surface area (Å²) in [4.78, 5) is 12.1. The average molecular weight is 275 g/mol. The zero-order chi connectivity index (χ0) is 14.9. The molecule has 0 spiro atoms. The number of aliphatic hydroxyl groups excluding tert-OH is 1. The highest BCUT2D eigenvalue weighted by molar-refractivity contribution is 6.23. The Labute approximate surface area is 117 Å². The molecule has 0 aliphatic heterocycles. The fourth-order valence-corrected chi connectivity index (χ4v) is 2.54. The van der Waals surface area contributed by atoms with Crippen molar-refractivity contribution >= 4 is 11.5 Å². The van der Waals surface area contributed by atoms with E-state index in [-0.39, 0.29) is 40.5 Å². The molecule has 1 aliphatic carbocycles. The van der Waals surface area contributed by atoms with E-state index in [0.717, 1.165) is 0 Å². The van der Waals surface area contributed by atoms with Crippen LogP contribution in [0.5, 0.6) is 0 Å². The Morgan fingerprint density at radius 1 is 1.30 bits per heavy atom. The number of nitrogens with one attached hydrogen (secondary N) is 1. The number of ketones is 1. The molecule has 0 bridgehead atoms. The van der Waals surface area contributed by atoms with Crippen LogP contribution >= 0.6 is 0 Å². The van der Waals surface area contributed by atoms with Crippen molar-refractivity contribution in [1.29, 1.82) is 5.41 Å². The molecule has 0 atom stereocenters. The minimum atomic E-state index is -0.343. The van der Waals surface area contributed by atoms with Gasteiger partial charge in [0.1, 0.15) is 11.6 Å². The predicted molar refractivity (Wildman–Crippen MR) is 75.5 cm³/mol. The maximum Gasteiger partial charge on any atom is 0.168 e. The molecule has 3 nitrogen and oxygen atoms in total. The van der Waals surface area contributed by atoms with Gasteiger partial charge in [-0.05, 0) is 29.5 Å². The first-order valence-electron chi connectivity index (χ1n) is 6.56. The third-order valence-corrected chi connectivity index (χ3v) is 3.45. The quantitative estimate of drug-likeness (QED) is 0.640. The third kappa shape index (κ3) is 3.13. The Hall–Kier alpha value is -1.97. The standard InChI is InChI=1S/C16H18FNO2/c1-16(2)8-12(18)15(14(20)9-16)13(19)7-10-3-5-11(17)6-4-10/h3-6,18-19H,7-9H2,1-2H3/b15-13+,18-12?. The molecule has 0 unspecified atom stereocenters. The third-order valence-electron chi connectivity index (χ3n) is 3.45.